The Morgan fingerprint density at radius 1 is 1.36 bits per heavy atom. The third kappa shape index (κ3) is 7.33. The van der Waals surface area contributed by atoms with Crippen molar-refractivity contribution in [2.75, 3.05) is 20.7 Å². The Morgan fingerprint density at radius 3 is 2.29 bits per heavy atom. The van der Waals surface area contributed by atoms with Crippen LogP contribution in [0.4, 0.5) is 0 Å². The fraction of sp³-hybridized carbons (Fsp3) is 0.900. The minimum atomic E-state index is -0.0807. The lowest BCUT2D eigenvalue weighted by molar-refractivity contribution is -0.143. The molecule has 0 spiro atoms. The van der Waals surface area contributed by atoms with Gasteiger partial charge >= 0.3 is 5.97 Å². The van der Waals surface area contributed by atoms with E-state index in [1.165, 1.54) is 0 Å². The normalized spacial score (nSPS) is 12.1. The highest BCUT2D eigenvalue weighted by molar-refractivity contribution is 8.93. The Labute approximate surface area is 97.6 Å². The number of hydrogen-bond acceptors (Lipinski definition) is 3. The van der Waals surface area contributed by atoms with Crippen molar-refractivity contribution in [3.05, 3.63) is 0 Å². The highest BCUT2D eigenvalue weighted by atomic mass is 79.9. The summed E-state index contributed by atoms with van der Waals surface area (Å²) < 4.78 is 4.86. The average molecular weight is 268 g/mol. The molecular weight excluding hydrogens is 246 g/mol. The fourth-order valence-corrected chi connectivity index (χ4v) is 1.35. The summed E-state index contributed by atoms with van der Waals surface area (Å²) in [7, 11) is 4.08. The van der Waals surface area contributed by atoms with Crippen molar-refractivity contribution in [3.63, 3.8) is 0 Å². The SMILES string of the molecule is Br.CCOC(=O)CCC(CC)N(C)C. The molecule has 3 nitrogen and oxygen atoms in total. The molecule has 0 saturated carbocycles. The van der Waals surface area contributed by atoms with Gasteiger partial charge in [-0.3, -0.25) is 4.79 Å². The number of carbonyl (C=O) groups excluding carboxylic acids is 1. The van der Waals surface area contributed by atoms with E-state index in [2.05, 4.69) is 11.8 Å². The van der Waals surface area contributed by atoms with Crippen LogP contribution in [0.15, 0.2) is 0 Å². The molecule has 0 saturated heterocycles. The summed E-state index contributed by atoms with van der Waals surface area (Å²) in [5.74, 6) is -0.0807. The average Bonchev–Trinajstić information content (AvgIpc) is 2.05. The smallest absolute Gasteiger partial charge is 0.305 e. The largest absolute Gasteiger partial charge is 0.466 e. The quantitative estimate of drug-likeness (QED) is 0.692. The summed E-state index contributed by atoms with van der Waals surface area (Å²) in [6.07, 6.45) is 2.50. The monoisotopic (exact) mass is 267 g/mol. The maximum Gasteiger partial charge on any atom is 0.305 e. The molecule has 1 atom stereocenters. The molecule has 0 rings (SSSR count). The van der Waals surface area contributed by atoms with Crippen molar-refractivity contribution in [1.29, 1.82) is 0 Å². The molecule has 4 heteroatoms. The van der Waals surface area contributed by atoms with Gasteiger partial charge in [0.15, 0.2) is 0 Å². The number of carbonyl (C=O) groups is 1. The Hall–Kier alpha value is -0.0900. The van der Waals surface area contributed by atoms with Gasteiger partial charge in [0.05, 0.1) is 6.61 Å². The standard InChI is InChI=1S/C10H21NO2.BrH/c1-5-9(11(3)4)7-8-10(12)13-6-2;/h9H,5-8H2,1-4H3;1H. The summed E-state index contributed by atoms with van der Waals surface area (Å²) in [5.41, 5.74) is 0. The van der Waals surface area contributed by atoms with Gasteiger partial charge in [-0.1, -0.05) is 6.92 Å². The number of nitrogens with zero attached hydrogens (tertiary/aromatic N) is 1. The van der Waals surface area contributed by atoms with Crippen LogP contribution < -0.4 is 0 Å². The van der Waals surface area contributed by atoms with Gasteiger partial charge in [0.25, 0.3) is 0 Å². The van der Waals surface area contributed by atoms with Gasteiger partial charge in [-0.2, -0.15) is 0 Å². The molecule has 14 heavy (non-hydrogen) atoms. The first-order chi connectivity index (χ1) is 6.11. The highest BCUT2D eigenvalue weighted by Crippen LogP contribution is 2.07. The number of hydrogen-bond donors (Lipinski definition) is 0. The minimum absolute atomic E-state index is 0. The topological polar surface area (TPSA) is 29.5 Å². The molecule has 0 fully saturated rings. The van der Waals surface area contributed by atoms with Crippen LogP contribution >= 0.6 is 17.0 Å². The van der Waals surface area contributed by atoms with Crippen molar-refractivity contribution in [2.45, 2.75) is 39.2 Å². The lowest BCUT2D eigenvalue weighted by Crippen LogP contribution is -2.27. The van der Waals surface area contributed by atoms with E-state index in [1.807, 2.05) is 21.0 Å². The number of rotatable bonds is 6. The molecule has 0 heterocycles. The Bertz CT molecular complexity index is 151. The predicted molar refractivity (Wildman–Crippen MR) is 64.0 cm³/mol. The van der Waals surface area contributed by atoms with Gasteiger partial charge in [-0.15, -0.1) is 17.0 Å². The van der Waals surface area contributed by atoms with Crippen LogP contribution in [0, 0.1) is 0 Å². The van der Waals surface area contributed by atoms with Crippen molar-refractivity contribution in [2.24, 2.45) is 0 Å². The molecule has 0 aliphatic rings. The highest BCUT2D eigenvalue weighted by Gasteiger charge is 2.11. The van der Waals surface area contributed by atoms with Crippen LogP contribution in [-0.2, 0) is 9.53 Å². The maximum atomic E-state index is 11.0. The first-order valence-electron chi connectivity index (χ1n) is 4.93. The molecule has 0 bridgehead atoms. The van der Waals surface area contributed by atoms with Crippen LogP contribution in [0.2, 0.25) is 0 Å². The van der Waals surface area contributed by atoms with Crippen LogP contribution in [0.5, 0.6) is 0 Å². The van der Waals surface area contributed by atoms with Crippen molar-refractivity contribution < 1.29 is 9.53 Å². The predicted octanol–water partition coefficient (Wildman–Crippen LogP) is 2.25. The second kappa shape index (κ2) is 9.46. The molecule has 0 aromatic carbocycles. The zero-order valence-electron chi connectivity index (χ0n) is 9.58. The van der Waals surface area contributed by atoms with E-state index >= 15 is 0 Å². The van der Waals surface area contributed by atoms with Gasteiger partial charge < -0.3 is 9.64 Å². The molecule has 0 N–H and O–H groups in total. The first-order valence-corrected chi connectivity index (χ1v) is 4.93. The second-order valence-electron chi connectivity index (χ2n) is 3.37. The van der Waals surface area contributed by atoms with Gasteiger partial charge in [0, 0.05) is 12.5 Å². The summed E-state index contributed by atoms with van der Waals surface area (Å²) in [6, 6.07) is 0.490. The maximum absolute atomic E-state index is 11.0. The van der Waals surface area contributed by atoms with Gasteiger partial charge in [-0.25, -0.2) is 0 Å². The molecular formula is C10H22BrNO2. The van der Waals surface area contributed by atoms with Crippen molar-refractivity contribution in [3.8, 4) is 0 Å². The molecule has 0 aliphatic heterocycles. The van der Waals surface area contributed by atoms with Crippen molar-refractivity contribution in [1.82, 2.24) is 4.90 Å². The molecule has 0 radical (unpaired) electrons. The summed E-state index contributed by atoms with van der Waals surface area (Å²) >= 11 is 0. The van der Waals surface area contributed by atoms with E-state index in [9.17, 15) is 4.79 Å². The Balaban J connectivity index is 0. The number of halogens is 1. The lowest BCUT2D eigenvalue weighted by atomic mass is 10.1. The van der Waals surface area contributed by atoms with E-state index in [0.717, 1.165) is 12.8 Å². The lowest BCUT2D eigenvalue weighted by Gasteiger charge is -2.22. The third-order valence-corrected chi connectivity index (χ3v) is 2.19. The first kappa shape index (κ1) is 16.3. The van der Waals surface area contributed by atoms with Gasteiger partial charge in [0.1, 0.15) is 0 Å². The number of esters is 1. The van der Waals surface area contributed by atoms with E-state index < -0.39 is 0 Å². The van der Waals surface area contributed by atoms with Gasteiger partial charge in [-0.05, 0) is 33.9 Å². The molecule has 86 valence electrons. The van der Waals surface area contributed by atoms with Crippen LogP contribution in [0.1, 0.15) is 33.1 Å². The third-order valence-electron chi connectivity index (χ3n) is 2.19. The molecule has 0 aliphatic carbocycles. The van der Waals surface area contributed by atoms with E-state index in [4.69, 9.17) is 4.74 Å². The summed E-state index contributed by atoms with van der Waals surface area (Å²) in [5, 5.41) is 0. The Kier molecular flexibility index (Phi) is 11.0. The molecule has 0 amide bonds. The van der Waals surface area contributed by atoms with Crippen LogP contribution in [0.3, 0.4) is 0 Å². The zero-order valence-corrected chi connectivity index (χ0v) is 11.3. The zero-order chi connectivity index (χ0) is 10.3. The van der Waals surface area contributed by atoms with Crippen LogP contribution in [0.25, 0.3) is 0 Å². The fourth-order valence-electron chi connectivity index (χ4n) is 1.35. The van der Waals surface area contributed by atoms with Crippen LogP contribution in [-0.4, -0.2) is 37.6 Å². The summed E-state index contributed by atoms with van der Waals surface area (Å²) in [4.78, 5) is 13.2. The number of ether oxygens (including phenoxy) is 1. The van der Waals surface area contributed by atoms with E-state index in [1.54, 1.807) is 0 Å². The molecule has 1 unspecified atom stereocenters. The van der Waals surface area contributed by atoms with Gasteiger partial charge in [0.2, 0.25) is 0 Å². The van der Waals surface area contributed by atoms with E-state index in [-0.39, 0.29) is 23.0 Å². The molecule has 0 aromatic rings. The molecule has 0 aromatic heterocycles. The minimum Gasteiger partial charge on any atom is -0.466 e. The second-order valence-corrected chi connectivity index (χ2v) is 3.37. The van der Waals surface area contributed by atoms with Crippen molar-refractivity contribution >= 4 is 23.0 Å². The summed E-state index contributed by atoms with van der Waals surface area (Å²) in [6.45, 7) is 4.45. The Morgan fingerprint density at radius 2 is 1.93 bits per heavy atom. The van der Waals surface area contributed by atoms with E-state index in [0.29, 0.717) is 19.1 Å².